The molecule has 0 spiro atoms. The van der Waals surface area contributed by atoms with Crippen LogP contribution < -0.4 is 5.32 Å². The predicted octanol–water partition coefficient (Wildman–Crippen LogP) is 2.71. The molecular formula is C18H16N4O4. The Morgan fingerprint density at radius 3 is 2.46 bits per heavy atom. The first-order valence-electron chi connectivity index (χ1n) is 8.00. The number of nitro groups is 1. The molecule has 0 saturated heterocycles. The van der Waals surface area contributed by atoms with Crippen molar-refractivity contribution in [3.8, 4) is 0 Å². The molecule has 8 nitrogen and oxygen atoms in total. The molecule has 2 amide bonds. The van der Waals surface area contributed by atoms with Crippen LogP contribution in [-0.2, 0) is 16.1 Å². The number of nitrogens with zero attached hydrogens (tertiary/aromatic N) is 3. The van der Waals surface area contributed by atoms with Gasteiger partial charge in [-0.05, 0) is 17.7 Å². The van der Waals surface area contributed by atoms with Gasteiger partial charge in [0.25, 0.3) is 11.6 Å². The van der Waals surface area contributed by atoms with E-state index in [0.717, 1.165) is 5.56 Å². The number of amides is 2. The summed E-state index contributed by atoms with van der Waals surface area (Å²) in [4.78, 5) is 34.6. The number of carbonyl (C=O) groups is 2. The van der Waals surface area contributed by atoms with Gasteiger partial charge in [-0.3, -0.25) is 19.7 Å². The summed E-state index contributed by atoms with van der Waals surface area (Å²) in [5, 5.41) is 18.8. The van der Waals surface area contributed by atoms with Gasteiger partial charge in [-0.15, -0.1) is 0 Å². The topological polar surface area (TPSA) is 105 Å². The first-order chi connectivity index (χ1) is 12.5. The van der Waals surface area contributed by atoms with Crippen molar-refractivity contribution < 1.29 is 14.5 Å². The number of hydrogen-bond donors (Lipinski definition) is 1. The van der Waals surface area contributed by atoms with Gasteiger partial charge in [0.15, 0.2) is 0 Å². The van der Waals surface area contributed by atoms with Crippen LogP contribution in [0.25, 0.3) is 0 Å². The Balaban J connectivity index is 1.70. The summed E-state index contributed by atoms with van der Waals surface area (Å²) in [5.74, 6) is -0.565. The van der Waals surface area contributed by atoms with Crippen molar-refractivity contribution in [1.29, 1.82) is 0 Å². The van der Waals surface area contributed by atoms with Crippen LogP contribution in [0.1, 0.15) is 18.4 Å². The van der Waals surface area contributed by atoms with Crippen LogP contribution >= 0.6 is 0 Å². The Kier molecular flexibility index (Phi) is 5.02. The highest BCUT2D eigenvalue weighted by molar-refractivity contribution is 6.43. The summed E-state index contributed by atoms with van der Waals surface area (Å²) in [5.41, 5.74) is 1.54. The van der Waals surface area contributed by atoms with Gasteiger partial charge in [-0.1, -0.05) is 30.3 Å². The molecule has 2 aromatic rings. The molecule has 26 heavy (non-hydrogen) atoms. The fraction of sp³-hybridized carbons (Fsp3) is 0.167. The maximum Gasteiger partial charge on any atom is 0.271 e. The molecule has 0 aromatic heterocycles. The average Bonchev–Trinajstić information content (AvgIpc) is 2.65. The largest absolute Gasteiger partial charge is 0.321 e. The summed E-state index contributed by atoms with van der Waals surface area (Å²) in [6.45, 7) is 0.300. The van der Waals surface area contributed by atoms with Gasteiger partial charge in [0.05, 0.1) is 11.5 Å². The Morgan fingerprint density at radius 1 is 1.12 bits per heavy atom. The number of anilines is 1. The van der Waals surface area contributed by atoms with Crippen molar-refractivity contribution in [3.63, 3.8) is 0 Å². The van der Waals surface area contributed by atoms with Crippen LogP contribution in [-0.4, -0.2) is 27.5 Å². The fourth-order valence-electron chi connectivity index (χ4n) is 2.51. The van der Waals surface area contributed by atoms with Crippen molar-refractivity contribution in [2.24, 2.45) is 5.10 Å². The summed E-state index contributed by atoms with van der Waals surface area (Å²) >= 11 is 0. The summed E-state index contributed by atoms with van der Waals surface area (Å²) < 4.78 is 0. The van der Waals surface area contributed by atoms with Gasteiger partial charge in [0.1, 0.15) is 5.71 Å². The van der Waals surface area contributed by atoms with Crippen LogP contribution in [0.4, 0.5) is 11.4 Å². The molecule has 1 aliphatic heterocycles. The Hall–Kier alpha value is -3.55. The van der Waals surface area contributed by atoms with Crippen LogP contribution in [0.5, 0.6) is 0 Å². The SMILES string of the molecule is O=C(Nc1ccc([N+](=O)[O-])cc1)C1=NN(Cc2ccccc2)C(=O)CC1. The molecule has 1 aliphatic rings. The molecule has 0 unspecified atom stereocenters. The van der Waals surface area contributed by atoms with Crippen molar-refractivity contribution >= 4 is 28.9 Å². The van der Waals surface area contributed by atoms with Crippen molar-refractivity contribution in [2.45, 2.75) is 19.4 Å². The molecule has 3 rings (SSSR count). The Bertz CT molecular complexity index is 863. The third kappa shape index (κ3) is 4.10. The number of hydrazone groups is 1. The number of non-ortho nitro benzene ring substituents is 1. The number of hydrogen-bond acceptors (Lipinski definition) is 5. The van der Waals surface area contributed by atoms with E-state index in [1.807, 2.05) is 30.3 Å². The molecule has 132 valence electrons. The molecule has 1 heterocycles. The van der Waals surface area contributed by atoms with E-state index in [9.17, 15) is 19.7 Å². The number of benzene rings is 2. The third-order valence-corrected chi connectivity index (χ3v) is 3.88. The van der Waals surface area contributed by atoms with Crippen LogP contribution in [0.3, 0.4) is 0 Å². The van der Waals surface area contributed by atoms with Crippen LogP contribution in [0, 0.1) is 10.1 Å². The number of carbonyl (C=O) groups excluding carboxylic acids is 2. The lowest BCUT2D eigenvalue weighted by molar-refractivity contribution is -0.384. The Labute approximate surface area is 149 Å². The van der Waals surface area contributed by atoms with E-state index in [1.54, 1.807) is 0 Å². The summed E-state index contributed by atoms with van der Waals surface area (Å²) in [6, 6.07) is 14.9. The molecule has 0 aliphatic carbocycles. The van der Waals surface area contributed by atoms with Gasteiger partial charge in [-0.25, -0.2) is 5.01 Å². The van der Waals surface area contributed by atoms with Gasteiger partial charge < -0.3 is 5.32 Å². The van der Waals surface area contributed by atoms with Gasteiger partial charge in [0, 0.05) is 30.7 Å². The van der Waals surface area contributed by atoms with Crippen molar-refractivity contribution in [3.05, 3.63) is 70.3 Å². The molecule has 2 aromatic carbocycles. The van der Waals surface area contributed by atoms with E-state index < -0.39 is 10.8 Å². The highest BCUT2D eigenvalue weighted by Gasteiger charge is 2.24. The maximum atomic E-state index is 12.4. The smallest absolute Gasteiger partial charge is 0.271 e. The maximum absolute atomic E-state index is 12.4. The van der Waals surface area contributed by atoms with Crippen LogP contribution in [0.2, 0.25) is 0 Å². The lowest BCUT2D eigenvalue weighted by Gasteiger charge is -2.23. The first kappa shape index (κ1) is 17.3. The molecular weight excluding hydrogens is 336 g/mol. The first-order valence-corrected chi connectivity index (χ1v) is 8.00. The monoisotopic (exact) mass is 352 g/mol. The summed E-state index contributed by atoms with van der Waals surface area (Å²) in [6.07, 6.45) is 0.461. The second-order valence-electron chi connectivity index (χ2n) is 5.74. The average molecular weight is 352 g/mol. The summed E-state index contributed by atoms with van der Waals surface area (Å²) in [7, 11) is 0. The van der Waals surface area contributed by atoms with Gasteiger partial charge >= 0.3 is 0 Å². The zero-order valence-electron chi connectivity index (χ0n) is 13.8. The molecule has 0 fully saturated rings. The van der Waals surface area contributed by atoms with E-state index in [-0.39, 0.29) is 30.1 Å². The highest BCUT2D eigenvalue weighted by atomic mass is 16.6. The molecule has 8 heteroatoms. The zero-order valence-corrected chi connectivity index (χ0v) is 13.8. The van der Waals surface area contributed by atoms with E-state index in [4.69, 9.17) is 0 Å². The standard InChI is InChI=1S/C18H16N4O4/c23-17-11-10-16(20-21(17)12-13-4-2-1-3-5-13)18(24)19-14-6-8-15(9-7-14)22(25)26/h1-9H,10-12H2,(H,19,24). The molecule has 0 radical (unpaired) electrons. The lowest BCUT2D eigenvalue weighted by atomic mass is 10.1. The predicted molar refractivity (Wildman–Crippen MR) is 95.4 cm³/mol. The van der Waals surface area contributed by atoms with Crippen LogP contribution in [0.15, 0.2) is 59.7 Å². The number of nitrogens with one attached hydrogen (secondary N) is 1. The van der Waals surface area contributed by atoms with Crippen molar-refractivity contribution in [1.82, 2.24) is 5.01 Å². The van der Waals surface area contributed by atoms with E-state index in [2.05, 4.69) is 10.4 Å². The van der Waals surface area contributed by atoms with E-state index in [1.165, 1.54) is 29.3 Å². The minimum absolute atomic E-state index is 0.0577. The quantitative estimate of drug-likeness (QED) is 0.660. The number of nitro benzene ring substituents is 1. The lowest BCUT2D eigenvalue weighted by Crippen LogP contribution is -2.36. The second kappa shape index (κ2) is 7.56. The Morgan fingerprint density at radius 2 is 1.81 bits per heavy atom. The van der Waals surface area contributed by atoms with Crippen molar-refractivity contribution in [2.75, 3.05) is 5.32 Å². The molecule has 0 saturated carbocycles. The second-order valence-corrected chi connectivity index (χ2v) is 5.74. The third-order valence-electron chi connectivity index (χ3n) is 3.88. The molecule has 0 atom stereocenters. The number of rotatable bonds is 5. The highest BCUT2D eigenvalue weighted by Crippen LogP contribution is 2.17. The minimum atomic E-state index is -0.510. The normalized spacial score (nSPS) is 13.9. The van der Waals surface area contributed by atoms with E-state index in [0.29, 0.717) is 12.2 Å². The van der Waals surface area contributed by atoms with E-state index >= 15 is 0 Å². The molecule has 1 N–H and O–H groups in total. The minimum Gasteiger partial charge on any atom is -0.321 e. The fourth-order valence-corrected chi connectivity index (χ4v) is 2.51. The zero-order chi connectivity index (χ0) is 18.5. The van der Waals surface area contributed by atoms with Gasteiger partial charge in [-0.2, -0.15) is 5.10 Å². The van der Waals surface area contributed by atoms with Gasteiger partial charge in [0.2, 0.25) is 5.91 Å². The molecule has 0 bridgehead atoms.